The number of hydrogen-bond donors (Lipinski definition) is 1. The standard InChI is InChI=1S/C17H17NO2/c19-16-12-18(17(20)14-9-5-2-6-10-14)11-15(16)13-7-3-1-4-8-13/h1-10,15-16,19H,11-12H2. The number of rotatable bonds is 2. The largest absolute Gasteiger partial charge is 0.391 e. The average Bonchev–Trinajstić information content (AvgIpc) is 2.90. The maximum absolute atomic E-state index is 12.4. The number of nitrogens with zero attached hydrogens (tertiary/aromatic N) is 1. The van der Waals surface area contributed by atoms with Crippen molar-refractivity contribution in [3.8, 4) is 0 Å². The van der Waals surface area contributed by atoms with Gasteiger partial charge in [-0.3, -0.25) is 4.79 Å². The molecule has 0 spiro atoms. The Labute approximate surface area is 118 Å². The van der Waals surface area contributed by atoms with Crippen molar-refractivity contribution in [2.45, 2.75) is 12.0 Å². The van der Waals surface area contributed by atoms with Crippen molar-refractivity contribution in [3.63, 3.8) is 0 Å². The number of β-amino-alcohol motifs (C(OH)–C–C–N with tert-alkyl or cyclic N) is 1. The van der Waals surface area contributed by atoms with Gasteiger partial charge in [-0.1, -0.05) is 48.5 Å². The van der Waals surface area contributed by atoms with Crippen LogP contribution >= 0.6 is 0 Å². The van der Waals surface area contributed by atoms with Gasteiger partial charge in [-0.05, 0) is 17.7 Å². The molecule has 3 rings (SSSR count). The second kappa shape index (κ2) is 5.47. The first kappa shape index (κ1) is 12.9. The first-order chi connectivity index (χ1) is 9.75. The normalized spacial score (nSPS) is 21.9. The lowest BCUT2D eigenvalue weighted by atomic mass is 9.96. The van der Waals surface area contributed by atoms with Crippen LogP contribution in [0.25, 0.3) is 0 Å². The number of carbonyl (C=O) groups is 1. The van der Waals surface area contributed by atoms with E-state index >= 15 is 0 Å². The lowest BCUT2D eigenvalue weighted by Gasteiger charge is -2.16. The molecule has 0 aliphatic carbocycles. The molecule has 1 fully saturated rings. The highest BCUT2D eigenvalue weighted by atomic mass is 16.3. The summed E-state index contributed by atoms with van der Waals surface area (Å²) in [7, 11) is 0. The quantitative estimate of drug-likeness (QED) is 0.907. The molecule has 0 saturated carbocycles. The summed E-state index contributed by atoms with van der Waals surface area (Å²) in [5.41, 5.74) is 1.76. The minimum Gasteiger partial charge on any atom is -0.391 e. The number of likely N-dealkylation sites (tertiary alicyclic amines) is 1. The van der Waals surface area contributed by atoms with Crippen LogP contribution in [0.1, 0.15) is 21.8 Å². The molecule has 0 bridgehead atoms. The van der Waals surface area contributed by atoms with Gasteiger partial charge in [-0.2, -0.15) is 0 Å². The van der Waals surface area contributed by atoms with E-state index in [0.29, 0.717) is 18.7 Å². The number of aliphatic hydroxyl groups is 1. The highest BCUT2D eigenvalue weighted by molar-refractivity contribution is 5.94. The average molecular weight is 267 g/mol. The van der Waals surface area contributed by atoms with Gasteiger partial charge < -0.3 is 10.0 Å². The summed E-state index contributed by atoms with van der Waals surface area (Å²) in [5.74, 6) is -0.00746. The summed E-state index contributed by atoms with van der Waals surface area (Å²) >= 11 is 0. The summed E-state index contributed by atoms with van der Waals surface area (Å²) in [6.07, 6.45) is -0.495. The minimum atomic E-state index is -0.495. The molecule has 0 aromatic heterocycles. The van der Waals surface area contributed by atoms with Gasteiger partial charge in [0.1, 0.15) is 0 Å². The SMILES string of the molecule is O=C(c1ccccc1)N1CC(O)C(c2ccccc2)C1. The van der Waals surface area contributed by atoms with Gasteiger partial charge >= 0.3 is 0 Å². The summed E-state index contributed by atoms with van der Waals surface area (Å²) < 4.78 is 0. The third kappa shape index (κ3) is 2.45. The van der Waals surface area contributed by atoms with Crippen LogP contribution in [0.5, 0.6) is 0 Å². The maximum Gasteiger partial charge on any atom is 0.253 e. The predicted molar refractivity (Wildman–Crippen MR) is 77.5 cm³/mol. The Hall–Kier alpha value is -2.13. The molecule has 2 atom stereocenters. The molecule has 1 aliphatic rings. The van der Waals surface area contributed by atoms with Gasteiger partial charge in [-0.25, -0.2) is 0 Å². The Balaban J connectivity index is 1.77. The summed E-state index contributed by atoms with van der Waals surface area (Å²) in [6, 6.07) is 19.1. The fourth-order valence-electron chi connectivity index (χ4n) is 2.74. The van der Waals surface area contributed by atoms with Crippen LogP contribution in [0.4, 0.5) is 0 Å². The Morgan fingerprint density at radius 1 is 0.950 bits per heavy atom. The number of benzene rings is 2. The maximum atomic E-state index is 12.4. The van der Waals surface area contributed by atoms with E-state index < -0.39 is 6.10 Å². The van der Waals surface area contributed by atoms with E-state index in [4.69, 9.17) is 0 Å². The molecule has 20 heavy (non-hydrogen) atoms. The fourth-order valence-corrected chi connectivity index (χ4v) is 2.74. The second-order valence-electron chi connectivity index (χ2n) is 5.16. The minimum absolute atomic E-state index is 0.00358. The van der Waals surface area contributed by atoms with Crippen LogP contribution in [-0.2, 0) is 0 Å². The van der Waals surface area contributed by atoms with Gasteiger partial charge in [0.25, 0.3) is 5.91 Å². The van der Waals surface area contributed by atoms with E-state index in [2.05, 4.69) is 0 Å². The van der Waals surface area contributed by atoms with Crippen molar-refractivity contribution >= 4 is 5.91 Å². The van der Waals surface area contributed by atoms with Gasteiger partial charge in [0.05, 0.1) is 6.10 Å². The van der Waals surface area contributed by atoms with Gasteiger partial charge in [0.15, 0.2) is 0 Å². The molecule has 1 saturated heterocycles. The highest BCUT2D eigenvalue weighted by Gasteiger charge is 2.35. The van der Waals surface area contributed by atoms with Crippen molar-refractivity contribution in [2.75, 3.05) is 13.1 Å². The van der Waals surface area contributed by atoms with Gasteiger partial charge in [0, 0.05) is 24.6 Å². The van der Waals surface area contributed by atoms with Crippen LogP contribution in [0.3, 0.4) is 0 Å². The van der Waals surface area contributed by atoms with Crippen molar-refractivity contribution < 1.29 is 9.90 Å². The van der Waals surface area contributed by atoms with E-state index in [1.807, 2.05) is 60.7 Å². The summed E-state index contributed by atoms with van der Waals surface area (Å²) in [6.45, 7) is 0.964. The van der Waals surface area contributed by atoms with Crippen LogP contribution in [0, 0.1) is 0 Å². The zero-order valence-corrected chi connectivity index (χ0v) is 11.1. The van der Waals surface area contributed by atoms with Gasteiger partial charge in [-0.15, -0.1) is 0 Å². The molecule has 1 heterocycles. The lowest BCUT2D eigenvalue weighted by molar-refractivity contribution is 0.0765. The van der Waals surface area contributed by atoms with Crippen molar-refractivity contribution in [1.29, 1.82) is 0 Å². The molecule has 1 amide bonds. The Morgan fingerprint density at radius 2 is 1.55 bits per heavy atom. The van der Waals surface area contributed by atoms with Crippen LogP contribution in [0.2, 0.25) is 0 Å². The molecule has 0 radical (unpaired) electrons. The molecule has 3 heteroatoms. The Bertz CT molecular complexity index is 582. The molecule has 2 aromatic rings. The first-order valence-corrected chi connectivity index (χ1v) is 6.83. The molecule has 1 aliphatic heterocycles. The van der Waals surface area contributed by atoms with Crippen molar-refractivity contribution in [1.82, 2.24) is 4.90 Å². The monoisotopic (exact) mass is 267 g/mol. The summed E-state index contributed by atoms with van der Waals surface area (Å²) in [5, 5.41) is 10.2. The lowest BCUT2D eigenvalue weighted by Crippen LogP contribution is -2.29. The van der Waals surface area contributed by atoms with Crippen molar-refractivity contribution in [3.05, 3.63) is 71.8 Å². The van der Waals surface area contributed by atoms with E-state index in [1.165, 1.54) is 0 Å². The molecule has 2 aromatic carbocycles. The number of hydrogen-bond acceptors (Lipinski definition) is 2. The molecular formula is C17H17NO2. The third-order valence-corrected chi connectivity index (χ3v) is 3.82. The van der Waals surface area contributed by atoms with Gasteiger partial charge in [0.2, 0.25) is 0 Å². The molecular weight excluding hydrogens is 250 g/mol. The second-order valence-corrected chi connectivity index (χ2v) is 5.16. The van der Waals surface area contributed by atoms with E-state index in [-0.39, 0.29) is 11.8 Å². The number of amides is 1. The van der Waals surface area contributed by atoms with E-state index in [0.717, 1.165) is 5.56 Å². The Kier molecular flexibility index (Phi) is 3.52. The van der Waals surface area contributed by atoms with Crippen LogP contribution < -0.4 is 0 Å². The first-order valence-electron chi connectivity index (χ1n) is 6.83. The summed E-state index contributed by atoms with van der Waals surface area (Å²) in [4.78, 5) is 14.1. The van der Waals surface area contributed by atoms with E-state index in [1.54, 1.807) is 4.90 Å². The van der Waals surface area contributed by atoms with Crippen LogP contribution in [0.15, 0.2) is 60.7 Å². The molecule has 3 nitrogen and oxygen atoms in total. The fraction of sp³-hybridized carbons (Fsp3) is 0.235. The predicted octanol–water partition coefficient (Wildman–Crippen LogP) is 2.29. The highest BCUT2D eigenvalue weighted by Crippen LogP contribution is 2.28. The molecule has 2 unspecified atom stereocenters. The Morgan fingerprint density at radius 3 is 2.20 bits per heavy atom. The topological polar surface area (TPSA) is 40.5 Å². The zero-order valence-electron chi connectivity index (χ0n) is 11.1. The smallest absolute Gasteiger partial charge is 0.253 e. The molecule has 1 N–H and O–H groups in total. The molecule has 102 valence electrons. The van der Waals surface area contributed by atoms with E-state index in [9.17, 15) is 9.90 Å². The zero-order chi connectivity index (χ0) is 13.9. The third-order valence-electron chi connectivity index (χ3n) is 3.82. The van der Waals surface area contributed by atoms with Crippen LogP contribution in [-0.4, -0.2) is 35.1 Å². The number of aliphatic hydroxyl groups excluding tert-OH is 1. The van der Waals surface area contributed by atoms with Crippen molar-refractivity contribution in [2.24, 2.45) is 0 Å². The number of carbonyl (C=O) groups excluding carboxylic acids is 1.